The third kappa shape index (κ3) is 3.10. The number of nitrogens with one attached hydrogen (secondary N) is 2. The number of benzene rings is 1. The topological polar surface area (TPSA) is 91.3 Å². The maximum atomic E-state index is 12.1. The van der Waals surface area contributed by atoms with Crippen molar-refractivity contribution in [2.24, 2.45) is 0 Å². The van der Waals surface area contributed by atoms with Crippen LogP contribution in [0.3, 0.4) is 0 Å². The lowest BCUT2D eigenvalue weighted by molar-refractivity contribution is -0.122. The summed E-state index contributed by atoms with van der Waals surface area (Å²) in [6.07, 6.45) is 1.54. The monoisotopic (exact) mass is 287 g/mol. The molecule has 0 saturated carbocycles. The van der Waals surface area contributed by atoms with Gasteiger partial charge in [-0.2, -0.15) is 0 Å². The molecule has 0 spiro atoms. The van der Waals surface area contributed by atoms with Crippen LogP contribution in [0.2, 0.25) is 0 Å². The molecule has 0 radical (unpaired) electrons. The van der Waals surface area contributed by atoms with Crippen LogP contribution < -0.4 is 10.6 Å². The fraction of sp³-hybridized carbons (Fsp3) is 0.267. The van der Waals surface area contributed by atoms with Gasteiger partial charge in [-0.15, -0.1) is 0 Å². The van der Waals surface area contributed by atoms with Crippen molar-refractivity contribution in [3.63, 3.8) is 0 Å². The Hall–Kier alpha value is -2.63. The lowest BCUT2D eigenvalue weighted by Gasteiger charge is -2.14. The number of carbonyl (C=O) groups excluding carboxylic acids is 2. The highest BCUT2D eigenvalue weighted by Crippen LogP contribution is 2.26. The zero-order valence-electron chi connectivity index (χ0n) is 11.9. The van der Waals surface area contributed by atoms with E-state index in [1.54, 1.807) is 38.2 Å². The third-order valence-corrected chi connectivity index (χ3v) is 3.08. The van der Waals surface area contributed by atoms with Crippen molar-refractivity contribution < 1.29 is 14.7 Å². The Balaban J connectivity index is 2.24. The lowest BCUT2D eigenvalue weighted by atomic mass is 10.1. The van der Waals surface area contributed by atoms with E-state index >= 15 is 0 Å². The van der Waals surface area contributed by atoms with Crippen LogP contribution in [0.1, 0.15) is 24.2 Å². The fourth-order valence-electron chi connectivity index (χ4n) is 1.98. The molecule has 1 unspecified atom stereocenters. The van der Waals surface area contributed by atoms with E-state index in [4.69, 9.17) is 0 Å². The molecule has 2 rings (SSSR count). The molecule has 2 aromatic rings. The van der Waals surface area contributed by atoms with E-state index in [0.29, 0.717) is 12.1 Å². The van der Waals surface area contributed by atoms with Crippen LogP contribution in [0.25, 0.3) is 10.9 Å². The van der Waals surface area contributed by atoms with Gasteiger partial charge in [0.15, 0.2) is 5.75 Å². The zero-order valence-corrected chi connectivity index (χ0v) is 11.9. The van der Waals surface area contributed by atoms with Gasteiger partial charge in [0.25, 0.3) is 5.91 Å². The summed E-state index contributed by atoms with van der Waals surface area (Å²) in [5.74, 6) is -0.975. The fourth-order valence-corrected chi connectivity index (χ4v) is 1.98. The second-order valence-corrected chi connectivity index (χ2v) is 4.63. The van der Waals surface area contributed by atoms with Gasteiger partial charge in [0.05, 0.1) is 5.56 Å². The summed E-state index contributed by atoms with van der Waals surface area (Å²) >= 11 is 0. The van der Waals surface area contributed by atoms with Gasteiger partial charge in [-0.1, -0.05) is 12.1 Å². The first-order chi connectivity index (χ1) is 10.0. The minimum atomic E-state index is -0.684. The minimum absolute atomic E-state index is 0.0948. The van der Waals surface area contributed by atoms with Crippen molar-refractivity contribution in [3.8, 4) is 5.75 Å². The Labute approximate surface area is 122 Å². The Morgan fingerprint density at radius 2 is 2.10 bits per heavy atom. The molecular weight excluding hydrogens is 270 g/mol. The van der Waals surface area contributed by atoms with Crippen LogP contribution in [-0.4, -0.2) is 34.5 Å². The van der Waals surface area contributed by atoms with E-state index in [2.05, 4.69) is 15.6 Å². The number of aromatic nitrogens is 1. The largest absolute Gasteiger partial charge is 0.505 e. The van der Waals surface area contributed by atoms with Gasteiger partial charge in [-0.05, 0) is 26.0 Å². The maximum Gasteiger partial charge on any atom is 0.255 e. The van der Waals surface area contributed by atoms with E-state index in [0.717, 1.165) is 5.39 Å². The van der Waals surface area contributed by atoms with E-state index in [-0.39, 0.29) is 17.2 Å². The van der Waals surface area contributed by atoms with Crippen LogP contribution in [-0.2, 0) is 4.79 Å². The first-order valence-electron chi connectivity index (χ1n) is 6.70. The average Bonchev–Trinajstić information content (AvgIpc) is 2.48. The zero-order chi connectivity index (χ0) is 15.4. The summed E-state index contributed by atoms with van der Waals surface area (Å²) in [5.41, 5.74) is 0.452. The number of amides is 2. The van der Waals surface area contributed by atoms with Crippen molar-refractivity contribution in [1.29, 1.82) is 0 Å². The summed E-state index contributed by atoms with van der Waals surface area (Å²) in [7, 11) is 0. The highest BCUT2D eigenvalue weighted by atomic mass is 16.3. The van der Waals surface area contributed by atoms with Gasteiger partial charge in [0.2, 0.25) is 5.91 Å². The van der Waals surface area contributed by atoms with Crippen molar-refractivity contribution in [2.75, 3.05) is 6.54 Å². The van der Waals surface area contributed by atoms with Crippen molar-refractivity contribution in [1.82, 2.24) is 15.6 Å². The predicted octanol–water partition coefficient (Wildman–Crippen LogP) is 1.19. The van der Waals surface area contributed by atoms with E-state index in [1.165, 1.54) is 6.07 Å². The third-order valence-electron chi connectivity index (χ3n) is 3.08. The van der Waals surface area contributed by atoms with E-state index in [1.807, 2.05) is 0 Å². The molecule has 6 nitrogen and oxygen atoms in total. The number of aromatic hydroxyl groups is 1. The van der Waals surface area contributed by atoms with Crippen LogP contribution in [0.4, 0.5) is 0 Å². The molecule has 0 aliphatic carbocycles. The SMILES string of the molecule is CCNC(=O)C(C)NC(=O)c1ccc2cccnc2c1O. The maximum absolute atomic E-state index is 12.1. The lowest BCUT2D eigenvalue weighted by Crippen LogP contribution is -2.44. The molecule has 21 heavy (non-hydrogen) atoms. The normalized spacial score (nSPS) is 11.9. The molecule has 1 atom stereocenters. The molecule has 2 amide bonds. The quantitative estimate of drug-likeness (QED) is 0.788. The number of hydrogen-bond donors (Lipinski definition) is 3. The summed E-state index contributed by atoms with van der Waals surface area (Å²) in [4.78, 5) is 27.8. The van der Waals surface area contributed by atoms with Gasteiger partial charge in [-0.25, -0.2) is 0 Å². The number of phenolic OH excluding ortho intramolecular Hbond substituents is 1. The Morgan fingerprint density at radius 1 is 1.33 bits per heavy atom. The van der Waals surface area contributed by atoms with Gasteiger partial charge >= 0.3 is 0 Å². The molecule has 110 valence electrons. The number of likely N-dealkylation sites (N-methyl/N-ethyl adjacent to an activating group) is 1. The summed E-state index contributed by atoms with van der Waals surface area (Å²) in [6, 6.07) is 6.07. The number of fused-ring (bicyclic) bond motifs is 1. The molecule has 0 saturated heterocycles. The number of pyridine rings is 1. The average molecular weight is 287 g/mol. The number of phenols is 1. The van der Waals surface area contributed by atoms with Gasteiger partial charge in [0, 0.05) is 18.1 Å². The molecular formula is C15H17N3O3. The Kier molecular flexibility index (Phi) is 4.37. The van der Waals surface area contributed by atoms with Crippen LogP contribution >= 0.6 is 0 Å². The van der Waals surface area contributed by atoms with Gasteiger partial charge < -0.3 is 15.7 Å². The van der Waals surface area contributed by atoms with Crippen molar-refractivity contribution in [3.05, 3.63) is 36.0 Å². The molecule has 6 heteroatoms. The van der Waals surface area contributed by atoms with Crippen molar-refractivity contribution in [2.45, 2.75) is 19.9 Å². The highest BCUT2D eigenvalue weighted by Gasteiger charge is 2.19. The first-order valence-corrected chi connectivity index (χ1v) is 6.70. The van der Waals surface area contributed by atoms with Gasteiger partial charge in [0.1, 0.15) is 11.6 Å². The summed E-state index contributed by atoms with van der Waals surface area (Å²) in [5, 5.41) is 16.1. The molecule has 0 fully saturated rings. The van der Waals surface area contributed by atoms with E-state index < -0.39 is 11.9 Å². The Bertz CT molecular complexity index is 685. The highest BCUT2D eigenvalue weighted by molar-refractivity contribution is 6.03. The predicted molar refractivity (Wildman–Crippen MR) is 79.0 cm³/mol. The number of nitrogens with zero attached hydrogens (tertiary/aromatic N) is 1. The van der Waals surface area contributed by atoms with Crippen LogP contribution in [0.5, 0.6) is 5.75 Å². The second kappa shape index (κ2) is 6.21. The molecule has 1 heterocycles. The molecule has 3 N–H and O–H groups in total. The van der Waals surface area contributed by atoms with Crippen LogP contribution in [0, 0.1) is 0 Å². The summed E-state index contributed by atoms with van der Waals surface area (Å²) in [6.45, 7) is 3.87. The smallest absolute Gasteiger partial charge is 0.255 e. The number of rotatable bonds is 4. The molecule has 1 aromatic heterocycles. The molecule has 0 aliphatic heterocycles. The van der Waals surface area contributed by atoms with E-state index in [9.17, 15) is 14.7 Å². The molecule has 0 bridgehead atoms. The summed E-state index contributed by atoms with van der Waals surface area (Å²) < 4.78 is 0. The first kappa shape index (κ1) is 14.8. The van der Waals surface area contributed by atoms with Crippen molar-refractivity contribution >= 4 is 22.7 Å². The number of hydrogen-bond acceptors (Lipinski definition) is 4. The minimum Gasteiger partial charge on any atom is -0.505 e. The van der Waals surface area contributed by atoms with Crippen LogP contribution in [0.15, 0.2) is 30.5 Å². The Morgan fingerprint density at radius 3 is 2.81 bits per heavy atom. The molecule has 1 aromatic carbocycles. The molecule has 0 aliphatic rings. The number of carbonyl (C=O) groups is 2. The van der Waals surface area contributed by atoms with Gasteiger partial charge in [-0.3, -0.25) is 14.6 Å². The second-order valence-electron chi connectivity index (χ2n) is 4.63. The standard InChI is InChI=1S/C15H17N3O3/c1-3-16-14(20)9(2)18-15(21)11-7-6-10-5-4-8-17-12(10)13(11)19/h4-9,19H,3H2,1-2H3,(H,16,20)(H,18,21).